The molecule has 0 atom stereocenters. The van der Waals surface area contributed by atoms with Crippen LogP contribution in [0.25, 0.3) is 11.4 Å². The summed E-state index contributed by atoms with van der Waals surface area (Å²) in [7, 11) is 1.64. The standard InChI is InChI=1S/C21H24N4O3S/c1-4-25-20(15-6-10-17(27-3)11-7-15)23-24-21(25)29-14-19(26)22-16-8-12-18(13-9-16)28-5-2/h6-13H,4-5,14H2,1-3H3,(H,22,26). The molecule has 0 aliphatic rings. The SMILES string of the molecule is CCOc1ccc(NC(=O)CSc2nnc(-c3ccc(OC)cc3)n2CC)cc1. The molecule has 0 aliphatic carbocycles. The molecule has 0 bridgehead atoms. The van der Waals surface area contributed by atoms with E-state index < -0.39 is 0 Å². The van der Waals surface area contributed by atoms with Gasteiger partial charge in [0.2, 0.25) is 5.91 Å². The zero-order valence-corrected chi connectivity index (χ0v) is 17.5. The lowest BCUT2D eigenvalue weighted by Gasteiger charge is -2.09. The van der Waals surface area contributed by atoms with Gasteiger partial charge in [0.25, 0.3) is 0 Å². The monoisotopic (exact) mass is 412 g/mol. The number of anilines is 1. The van der Waals surface area contributed by atoms with E-state index in [0.29, 0.717) is 18.3 Å². The number of carbonyl (C=O) groups is 1. The Morgan fingerprint density at radius 3 is 2.34 bits per heavy atom. The lowest BCUT2D eigenvalue weighted by Crippen LogP contribution is -2.14. The number of thioether (sulfide) groups is 1. The fourth-order valence-electron chi connectivity index (χ4n) is 2.76. The van der Waals surface area contributed by atoms with Crippen molar-refractivity contribution in [2.24, 2.45) is 0 Å². The topological polar surface area (TPSA) is 78.3 Å². The molecule has 0 unspecified atom stereocenters. The van der Waals surface area contributed by atoms with Gasteiger partial charge < -0.3 is 19.4 Å². The Hall–Kier alpha value is -3.00. The van der Waals surface area contributed by atoms with E-state index in [1.54, 1.807) is 7.11 Å². The second-order valence-corrected chi connectivity index (χ2v) is 7.02. The zero-order chi connectivity index (χ0) is 20.6. The molecule has 0 aliphatic heterocycles. The molecular weight excluding hydrogens is 388 g/mol. The van der Waals surface area contributed by atoms with Gasteiger partial charge in [-0.3, -0.25) is 4.79 Å². The Morgan fingerprint density at radius 2 is 1.72 bits per heavy atom. The minimum Gasteiger partial charge on any atom is -0.497 e. The number of methoxy groups -OCH3 is 1. The molecule has 1 N–H and O–H groups in total. The van der Waals surface area contributed by atoms with Crippen LogP contribution in [0.15, 0.2) is 53.7 Å². The maximum atomic E-state index is 12.3. The molecule has 1 aromatic heterocycles. The van der Waals surface area contributed by atoms with Gasteiger partial charge >= 0.3 is 0 Å². The van der Waals surface area contributed by atoms with Crippen LogP contribution in [0, 0.1) is 0 Å². The fraction of sp³-hybridized carbons (Fsp3) is 0.286. The maximum Gasteiger partial charge on any atom is 0.234 e. The van der Waals surface area contributed by atoms with Gasteiger partial charge in [-0.1, -0.05) is 11.8 Å². The highest BCUT2D eigenvalue weighted by atomic mass is 32.2. The number of aromatic nitrogens is 3. The number of hydrogen-bond donors (Lipinski definition) is 1. The Morgan fingerprint density at radius 1 is 1.03 bits per heavy atom. The van der Waals surface area contributed by atoms with Crippen molar-refractivity contribution in [3.05, 3.63) is 48.5 Å². The van der Waals surface area contributed by atoms with Crippen LogP contribution < -0.4 is 14.8 Å². The summed E-state index contributed by atoms with van der Waals surface area (Å²) in [6.07, 6.45) is 0. The van der Waals surface area contributed by atoms with Gasteiger partial charge in [-0.05, 0) is 62.4 Å². The third-order valence-electron chi connectivity index (χ3n) is 4.16. The fourth-order valence-corrected chi connectivity index (χ4v) is 3.56. The van der Waals surface area contributed by atoms with E-state index in [4.69, 9.17) is 9.47 Å². The lowest BCUT2D eigenvalue weighted by molar-refractivity contribution is -0.113. The first-order valence-electron chi connectivity index (χ1n) is 9.37. The first kappa shape index (κ1) is 20.7. The molecule has 152 valence electrons. The smallest absolute Gasteiger partial charge is 0.234 e. The summed E-state index contributed by atoms with van der Waals surface area (Å²) in [5.74, 6) is 2.48. The van der Waals surface area contributed by atoms with Crippen molar-refractivity contribution in [2.45, 2.75) is 25.5 Å². The Labute approximate surface area is 174 Å². The van der Waals surface area contributed by atoms with Crippen LogP contribution in [0.2, 0.25) is 0 Å². The summed E-state index contributed by atoms with van der Waals surface area (Å²) < 4.78 is 12.6. The number of carbonyl (C=O) groups excluding carboxylic acids is 1. The van der Waals surface area contributed by atoms with Crippen LogP contribution in [0.4, 0.5) is 5.69 Å². The van der Waals surface area contributed by atoms with Crippen LogP contribution >= 0.6 is 11.8 Å². The summed E-state index contributed by atoms with van der Waals surface area (Å²) in [6.45, 7) is 5.28. The minimum atomic E-state index is -0.101. The van der Waals surface area contributed by atoms with Crippen molar-refractivity contribution < 1.29 is 14.3 Å². The normalized spacial score (nSPS) is 10.6. The summed E-state index contributed by atoms with van der Waals surface area (Å²) in [5, 5.41) is 12.2. The van der Waals surface area contributed by atoms with Crippen LogP contribution in [-0.4, -0.2) is 40.1 Å². The minimum absolute atomic E-state index is 0.101. The van der Waals surface area contributed by atoms with Crippen LogP contribution in [0.1, 0.15) is 13.8 Å². The van der Waals surface area contributed by atoms with Crippen molar-refractivity contribution in [1.82, 2.24) is 14.8 Å². The predicted octanol–water partition coefficient (Wildman–Crippen LogP) is 4.10. The second-order valence-electron chi connectivity index (χ2n) is 6.07. The summed E-state index contributed by atoms with van der Waals surface area (Å²) in [6, 6.07) is 15.0. The molecule has 3 rings (SSSR count). The molecule has 0 saturated carbocycles. The number of nitrogens with one attached hydrogen (secondary N) is 1. The molecular formula is C21H24N4O3S. The average Bonchev–Trinajstić information content (AvgIpc) is 3.17. The quantitative estimate of drug-likeness (QED) is 0.533. The van der Waals surface area contributed by atoms with E-state index in [2.05, 4.69) is 15.5 Å². The second kappa shape index (κ2) is 9.97. The molecule has 0 saturated heterocycles. The first-order valence-corrected chi connectivity index (χ1v) is 10.4. The third-order valence-corrected chi connectivity index (χ3v) is 5.13. The van der Waals surface area contributed by atoms with Crippen molar-refractivity contribution in [2.75, 3.05) is 24.8 Å². The number of benzene rings is 2. The van der Waals surface area contributed by atoms with E-state index in [-0.39, 0.29) is 11.7 Å². The van der Waals surface area contributed by atoms with Crippen molar-refractivity contribution in [1.29, 1.82) is 0 Å². The van der Waals surface area contributed by atoms with Gasteiger partial charge in [-0.25, -0.2) is 0 Å². The van der Waals surface area contributed by atoms with Gasteiger partial charge in [-0.15, -0.1) is 10.2 Å². The highest BCUT2D eigenvalue weighted by Crippen LogP contribution is 2.25. The number of amides is 1. The molecule has 0 spiro atoms. The van der Waals surface area contributed by atoms with Gasteiger partial charge in [0.05, 0.1) is 19.5 Å². The molecule has 8 heteroatoms. The number of ether oxygens (including phenoxy) is 2. The highest BCUT2D eigenvalue weighted by Gasteiger charge is 2.15. The number of hydrogen-bond acceptors (Lipinski definition) is 6. The predicted molar refractivity (Wildman–Crippen MR) is 115 cm³/mol. The molecule has 0 fully saturated rings. The van der Waals surface area contributed by atoms with Crippen LogP contribution in [0.3, 0.4) is 0 Å². The molecule has 0 radical (unpaired) electrons. The van der Waals surface area contributed by atoms with E-state index in [1.807, 2.05) is 66.9 Å². The molecule has 29 heavy (non-hydrogen) atoms. The van der Waals surface area contributed by atoms with Gasteiger partial charge in [-0.2, -0.15) is 0 Å². The van der Waals surface area contributed by atoms with Gasteiger partial charge in [0.1, 0.15) is 11.5 Å². The van der Waals surface area contributed by atoms with E-state index >= 15 is 0 Å². The molecule has 3 aromatic rings. The molecule has 1 amide bonds. The van der Waals surface area contributed by atoms with Crippen LogP contribution in [-0.2, 0) is 11.3 Å². The van der Waals surface area contributed by atoms with E-state index in [0.717, 1.165) is 28.6 Å². The largest absolute Gasteiger partial charge is 0.497 e. The van der Waals surface area contributed by atoms with E-state index in [9.17, 15) is 4.79 Å². The van der Waals surface area contributed by atoms with E-state index in [1.165, 1.54) is 11.8 Å². The average molecular weight is 413 g/mol. The molecule has 7 nitrogen and oxygen atoms in total. The summed E-state index contributed by atoms with van der Waals surface area (Å²) in [5.41, 5.74) is 1.68. The first-order chi connectivity index (χ1) is 14.1. The number of rotatable bonds is 9. The van der Waals surface area contributed by atoms with Crippen molar-refractivity contribution >= 4 is 23.4 Å². The third kappa shape index (κ3) is 5.29. The summed E-state index contributed by atoms with van der Waals surface area (Å²) in [4.78, 5) is 12.3. The molecule has 2 aromatic carbocycles. The van der Waals surface area contributed by atoms with Gasteiger partial charge in [0.15, 0.2) is 11.0 Å². The Bertz CT molecular complexity index is 940. The maximum absolute atomic E-state index is 12.3. The van der Waals surface area contributed by atoms with Crippen LogP contribution in [0.5, 0.6) is 11.5 Å². The van der Waals surface area contributed by atoms with Crippen molar-refractivity contribution in [3.63, 3.8) is 0 Å². The lowest BCUT2D eigenvalue weighted by atomic mass is 10.2. The molecule has 1 heterocycles. The van der Waals surface area contributed by atoms with Gasteiger partial charge in [0, 0.05) is 17.8 Å². The Kier molecular flexibility index (Phi) is 7.13. The highest BCUT2D eigenvalue weighted by molar-refractivity contribution is 7.99. The summed E-state index contributed by atoms with van der Waals surface area (Å²) >= 11 is 1.36. The number of nitrogens with zero attached hydrogens (tertiary/aromatic N) is 3. The zero-order valence-electron chi connectivity index (χ0n) is 16.7. The Balaban J connectivity index is 1.62. The van der Waals surface area contributed by atoms with Crippen molar-refractivity contribution in [3.8, 4) is 22.9 Å².